The van der Waals surface area contributed by atoms with Gasteiger partial charge in [0, 0.05) is 25.1 Å². The molecule has 0 spiro atoms. The van der Waals surface area contributed by atoms with Gasteiger partial charge in [-0.05, 0) is 5.92 Å². The van der Waals surface area contributed by atoms with E-state index in [4.69, 9.17) is 9.47 Å². The van der Waals surface area contributed by atoms with Gasteiger partial charge >= 0.3 is 0 Å². The molecule has 0 unspecified atom stereocenters. The van der Waals surface area contributed by atoms with Crippen LogP contribution < -0.4 is 10.1 Å². The molecule has 5 nitrogen and oxygen atoms in total. The van der Waals surface area contributed by atoms with Gasteiger partial charge in [-0.15, -0.1) is 0 Å². The Labute approximate surface area is 122 Å². The lowest BCUT2D eigenvalue weighted by Gasteiger charge is -2.19. The molecule has 5 heteroatoms. The van der Waals surface area contributed by atoms with Gasteiger partial charge in [0.15, 0.2) is 0 Å². The maximum atomic E-state index is 5.61. The predicted molar refractivity (Wildman–Crippen MR) is 81.4 cm³/mol. The van der Waals surface area contributed by atoms with Crippen molar-refractivity contribution in [2.45, 2.75) is 40.0 Å². The average Bonchev–Trinajstić information content (AvgIpc) is 2.35. The van der Waals surface area contributed by atoms with Gasteiger partial charge in [-0.25, -0.2) is 4.98 Å². The summed E-state index contributed by atoms with van der Waals surface area (Å²) < 4.78 is 10.6. The molecule has 114 valence electrons. The molecule has 1 N–H and O–H groups in total. The van der Waals surface area contributed by atoms with E-state index in [0.717, 1.165) is 18.2 Å². The summed E-state index contributed by atoms with van der Waals surface area (Å²) in [5.41, 5.74) is -0.116. The topological polar surface area (TPSA) is 56.3 Å². The van der Waals surface area contributed by atoms with Crippen LogP contribution in [0.5, 0.6) is 5.88 Å². The zero-order chi connectivity index (χ0) is 15.2. The fourth-order valence-corrected chi connectivity index (χ4v) is 1.46. The van der Waals surface area contributed by atoms with Crippen molar-refractivity contribution < 1.29 is 9.47 Å². The van der Waals surface area contributed by atoms with E-state index in [9.17, 15) is 0 Å². The molecule has 1 heterocycles. The molecule has 0 atom stereocenters. The molecule has 0 aliphatic heterocycles. The highest BCUT2D eigenvalue weighted by atomic mass is 16.5. The quantitative estimate of drug-likeness (QED) is 0.779. The Bertz CT molecular complexity index is 414. The van der Waals surface area contributed by atoms with Crippen molar-refractivity contribution >= 4 is 5.82 Å². The number of rotatable bonds is 7. The fraction of sp³-hybridized carbons (Fsp3) is 0.733. The van der Waals surface area contributed by atoms with Crippen molar-refractivity contribution in [1.29, 1.82) is 0 Å². The maximum absolute atomic E-state index is 5.61. The van der Waals surface area contributed by atoms with Crippen LogP contribution in [-0.4, -0.2) is 36.8 Å². The smallest absolute Gasteiger partial charge is 0.218 e. The van der Waals surface area contributed by atoms with Crippen LogP contribution in [0.1, 0.15) is 40.4 Å². The first-order valence-electron chi connectivity index (χ1n) is 7.08. The second-order valence-corrected chi connectivity index (χ2v) is 6.28. The average molecular weight is 281 g/mol. The van der Waals surface area contributed by atoms with Crippen LogP contribution in [0.25, 0.3) is 0 Å². The maximum Gasteiger partial charge on any atom is 0.218 e. The Morgan fingerprint density at radius 3 is 2.45 bits per heavy atom. The minimum atomic E-state index is -0.116. The second-order valence-electron chi connectivity index (χ2n) is 6.28. The van der Waals surface area contributed by atoms with Gasteiger partial charge in [-0.2, -0.15) is 4.98 Å². The van der Waals surface area contributed by atoms with Crippen LogP contribution in [0, 0.1) is 5.92 Å². The molecule has 0 radical (unpaired) electrons. The van der Waals surface area contributed by atoms with E-state index in [1.54, 1.807) is 7.11 Å². The lowest BCUT2D eigenvalue weighted by Crippen LogP contribution is -2.19. The summed E-state index contributed by atoms with van der Waals surface area (Å²) in [7, 11) is 1.65. The number of hydrogen-bond donors (Lipinski definition) is 1. The number of anilines is 1. The number of hydrogen-bond acceptors (Lipinski definition) is 5. The first kappa shape index (κ1) is 16.7. The summed E-state index contributed by atoms with van der Waals surface area (Å²) in [5, 5.41) is 3.33. The van der Waals surface area contributed by atoms with E-state index in [2.05, 4.69) is 49.9 Å². The van der Waals surface area contributed by atoms with Crippen LogP contribution in [0.4, 0.5) is 5.82 Å². The fourth-order valence-electron chi connectivity index (χ4n) is 1.46. The normalized spacial score (nSPS) is 11.8. The van der Waals surface area contributed by atoms with Crippen molar-refractivity contribution in [2.75, 3.05) is 32.2 Å². The van der Waals surface area contributed by atoms with E-state index in [-0.39, 0.29) is 5.41 Å². The van der Waals surface area contributed by atoms with Crippen LogP contribution >= 0.6 is 0 Å². The Kier molecular flexibility index (Phi) is 6.20. The molecule has 0 saturated carbocycles. The molecule has 1 rings (SSSR count). The van der Waals surface area contributed by atoms with Crippen molar-refractivity contribution in [1.82, 2.24) is 9.97 Å². The molecule has 1 aromatic rings. The monoisotopic (exact) mass is 281 g/mol. The van der Waals surface area contributed by atoms with Gasteiger partial charge in [0.1, 0.15) is 18.2 Å². The van der Waals surface area contributed by atoms with Crippen LogP contribution in [0.15, 0.2) is 6.07 Å². The molecule has 0 bridgehead atoms. The van der Waals surface area contributed by atoms with Crippen molar-refractivity contribution in [3.63, 3.8) is 0 Å². The van der Waals surface area contributed by atoms with Gasteiger partial charge in [-0.1, -0.05) is 34.6 Å². The minimum Gasteiger partial charge on any atom is -0.475 e. The Morgan fingerprint density at radius 1 is 1.20 bits per heavy atom. The summed E-state index contributed by atoms with van der Waals surface area (Å²) in [6.07, 6.45) is 0. The van der Waals surface area contributed by atoms with Crippen LogP contribution in [-0.2, 0) is 10.2 Å². The van der Waals surface area contributed by atoms with E-state index < -0.39 is 0 Å². The van der Waals surface area contributed by atoms with Gasteiger partial charge in [0.25, 0.3) is 0 Å². The number of nitrogens with zero attached hydrogens (tertiary/aromatic N) is 2. The summed E-state index contributed by atoms with van der Waals surface area (Å²) in [4.78, 5) is 9.05. The number of ether oxygens (including phenoxy) is 2. The molecular formula is C15H27N3O2. The molecule has 0 fully saturated rings. The highest BCUT2D eigenvalue weighted by Gasteiger charge is 2.19. The molecular weight excluding hydrogens is 254 g/mol. The summed E-state index contributed by atoms with van der Waals surface area (Å²) in [6.45, 7) is 12.5. The van der Waals surface area contributed by atoms with Crippen LogP contribution in [0.3, 0.4) is 0 Å². The molecule has 1 aromatic heterocycles. The Balaban J connectivity index is 2.89. The predicted octanol–water partition coefficient (Wildman–Crippen LogP) is 2.87. The van der Waals surface area contributed by atoms with Crippen molar-refractivity contribution in [3.8, 4) is 5.88 Å². The molecule has 0 saturated heterocycles. The standard InChI is InChI=1S/C15H27N3O2/c1-11(2)10-16-12-9-13(20-8-7-19-6)18-14(17-12)15(3,4)5/h9,11H,7-8,10H2,1-6H3,(H,16,17,18). The minimum absolute atomic E-state index is 0.116. The third-order valence-electron chi connectivity index (χ3n) is 2.60. The van der Waals surface area contributed by atoms with Gasteiger partial charge in [-0.3, -0.25) is 0 Å². The zero-order valence-corrected chi connectivity index (χ0v) is 13.5. The third kappa shape index (κ3) is 5.74. The lowest BCUT2D eigenvalue weighted by molar-refractivity contribution is 0.143. The number of methoxy groups -OCH3 is 1. The SMILES string of the molecule is COCCOc1cc(NCC(C)C)nc(C(C)(C)C)n1. The summed E-state index contributed by atoms with van der Waals surface area (Å²) in [5.74, 6) is 2.74. The Hall–Kier alpha value is -1.36. The van der Waals surface area contributed by atoms with Crippen molar-refractivity contribution in [2.24, 2.45) is 5.92 Å². The Morgan fingerprint density at radius 2 is 1.90 bits per heavy atom. The first-order chi connectivity index (χ1) is 9.32. The van der Waals surface area contributed by atoms with E-state index in [0.29, 0.717) is 25.0 Å². The van der Waals surface area contributed by atoms with Crippen molar-refractivity contribution in [3.05, 3.63) is 11.9 Å². The van der Waals surface area contributed by atoms with E-state index >= 15 is 0 Å². The molecule has 20 heavy (non-hydrogen) atoms. The second kappa shape index (κ2) is 7.43. The van der Waals surface area contributed by atoms with Gasteiger partial charge < -0.3 is 14.8 Å². The van der Waals surface area contributed by atoms with Gasteiger partial charge in [0.05, 0.1) is 6.61 Å². The lowest BCUT2D eigenvalue weighted by atomic mass is 9.96. The highest BCUT2D eigenvalue weighted by Crippen LogP contribution is 2.23. The summed E-state index contributed by atoms with van der Waals surface area (Å²) >= 11 is 0. The molecule has 0 amide bonds. The highest BCUT2D eigenvalue weighted by molar-refractivity contribution is 5.39. The first-order valence-corrected chi connectivity index (χ1v) is 7.08. The summed E-state index contributed by atoms with van der Waals surface area (Å²) in [6, 6.07) is 1.84. The molecule has 0 aliphatic carbocycles. The molecule has 0 aromatic carbocycles. The molecule has 0 aliphatic rings. The number of nitrogens with one attached hydrogen (secondary N) is 1. The van der Waals surface area contributed by atoms with Crippen LogP contribution in [0.2, 0.25) is 0 Å². The zero-order valence-electron chi connectivity index (χ0n) is 13.5. The van der Waals surface area contributed by atoms with E-state index in [1.807, 2.05) is 6.07 Å². The van der Waals surface area contributed by atoms with Gasteiger partial charge in [0.2, 0.25) is 5.88 Å². The third-order valence-corrected chi connectivity index (χ3v) is 2.60. The largest absolute Gasteiger partial charge is 0.475 e. The van der Waals surface area contributed by atoms with E-state index in [1.165, 1.54) is 0 Å². The number of aromatic nitrogens is 2.